The number of carbonyl (C=O) groups is 3. The molecule has 0 unspecified atom stereocenters. The third-order valence-electron chi connectivity index (χ3n) is 3.75. The van der Waals surface area contributed by atoms with Gasteiger partial charge >= 0.3 is 5.97 Å². The highest BCUT2D eigenvalue weighted by molar-refractivity contribution is 5.97. The smallest absolute Gasteiger partial charge is 0.338 e. The molecule has 0 fully saturated rings. The van der Waals surface area contributed by atoms with E-state index in [4.69, 9.17) is 18.9 Å². The Kier molecular flexibility index (Phi) is 7.41. The summed E-state index contributed by atoms with van der Waals surface area (Å²) < 4.78 is 20.5. The van der Waals surface area contributed by atoms with E-state index in [-0.39, 0.29) is 11.5 Å². The van der Waals surface area contributed by atoms with Crippen molar-refractivity contribution >= 4 is 29.2 Å². The van der Waals surface area contributed by atoms with Crippen LogP contribution < -0.4 is 24.8 Å². The number of ether oxygens (including phenoxy) is 4. The molecule has 0 aliphatic heterocycles. The lowest BCUT2D eigenvalue weighted by Crippen LogP contribution is -2.21. The third kappa shape index (κ3) is 5.86. The van der Waals surface area contributed by atoms with Crippen LogP contribution in [0.15, 0.2) is 36.4 Å². The highest BCUT2D eigenvalue weighted by atomic mass is 16.5. The first kappa shape index (κ1) is 21.5. The molecule has 2 rings (SSSR count). The summed E-state index contributed by atoms with van der Waals surface area (Å²) in [5.74, 6) is -0.300. The van der Waals surface area contributed by atoms with Gasteiger partial charge in [-0.1, -0.05) is 0 Å². The SMILES string of the molecule is COc1ccc(NC(C)=O)cc1NC(=O)COC(=O)c1ccc(OC)c(OC)c1. The van der Waals surface area contributed by atoms with Crippen LogP contribution in [0.25, 0.3) is 0 Å². The van der Waals surface area contributed by atoms with Crippen LogP contribution in [0.4, 0.5) is 11.4 Å². The molecular formula is C20H22N2O7. The number of rotatable bonds is 8. The molecule has 0 radical (unpaired) electrons. The third-order valence-corrected chi connectivity index (χ3v) is 3.75. The zero-order chi connectivity index (χ0) is 21.4. The average Bonchev–Trinajstić information content (AvgIpc) is 2.71. The molecule has 0 spiro atoms. The topological polar surface area (TPSA) is 112 Å². The molecule has 0 bridgehead atoms. The Morgan fingerprint density at radius 2 is 1.48 bits per heavy atom. The van der Waals surface area contributed by atoms with E-state index in [9.17, 15) is 14.4 Å². The Bertz CT molecular complexity index is 912. The molecule has 154 valence electrons. The first-order valence-electron chi connectivity index (χ1n) is 8.52. The molecular weight excluding hydrogens is 380 g/mol. The van der Waals surface area contributed by atoms with Crippen molar-refractivity contribution in [3.05, 3.63) is 42.0 Å². The second-order valence-electron chi connectivity index (χ2n) is 5.79. The average molecular weight is 402 g/mol. The molecule has 0 aliphatic carbocycles. The number of carbonyl (C=O) groups excluding carboxylic acids is 3. The molecule has 0 aromatic heterocycles. The fourth-order valence-corrected chi connectivity index (χ4v) is 2.45. The number of amides is 2. The highest BCUT2D eigenvalue weighted by Gasteiger charge is 2.15. The van der Waals surface area contributed by atoms with Crippen molar-refractivity contribution in [3.8, 4) is 17.2 Å². The summed E-state index contributed by atoms with van der Waals surface area (Å²) >= 11 is 0. The van der Waals surface area contributed by atoms with E-state index in [1.807, 2.05) is 0 Å². The minimum absolute atomic E-state index is 0.209. The Labute approximate surface area is 167 Å². The monoisotopic (exact) mass is 402 g/mol. The van der Waals surface area contributed by atoms with Crippen LogP contribution in [0.3, 0.4) is 0 Å². The molecule has 0 saturated heterocycles. The lowest BCUT2D eigenvalue weighted by atomic mass is 10.2. The summed E-state index contributed by atoms with van der Waals surface area (Å²) in [6.07, 6.45) is 0. The van der Waals surface area contributed by atoms with Crippen LogP contribution in [0.1, 0.15) is 17.3 Å². The van der Waals surface area contributed by atoms with E-state index in [1.54, 1.807) is 18.2 Å². The molecule has 9 nitrogen and oxygen atoms in total. The number of esters is 1. The van der Waals surface area contributed by atoms with Crippen molar-refractivity contribution in [1.29, 1.82) is 0 Å². The number of benzene rings is 2. The minimum atomic E-state index is -0.694. The Balaban J connectivity index is 2.02. The van der Waals surface area contributed by atoms with Crippen LogP contribution in [0, 0.1) is 0 Å². The van der Waals surface area contributed by atoms with Crippen LogP contribution in [0.2, 0.25) is 0 Å². The number of methoxy groups -OCH3 is 3. The predicted octanol–water partition coefficient (Wildman–Crippen LogP) is 2.47. The van der Waals surface area contributed by atoms with Gasteiger partial charge in [-0.05, 0) is 36.4 Å². The summed E-state index contributed by atoms with van der Waals surface area (Å²) in [6.45, 7) is 0.858. The molecule has 0 saturated carbocycles. The molecule has 0 heterocycles. The molecule has 2 N–H and O–H groups in total. The normalized spacial score (nSPS) is 9.93. The van der Waals surface area contributed by atoms with Gasteiger partial charge in [0, 0.05) is 12.6 Å². The van der Waals surface area contributed by atoms with Gasteiger partial charge in [-0.2, -0.15) is 0 Å². The summed E-state index contributed by atoms with van der Waals surface area (Å²) in [6, 6.07) is 9.28. The van der Waals surface area contributed by atoms with Crippen LogP contribution in [-0.4, -0.2) is 45.7 Å². The minimum Gasteiger partial charge on any atom is -0.495 e. The van der Waals surface area contributed by atoms with Crippen molar-refractivity contribution in [3.63, 3.8) is 0 Å². The van der Waals surface area contributed by atoms with Crippen molar-refractivity contribution in [1.82, 2.24) is 0 Å². The van der Waals surface area contributed by atoms with Gasteiger partial charge in [0.1, 0.15) is 5.75 Å². The molecule has 2 aromatic carbocycles. The number of anilines is 2. The number of hydrogen-bond acceptors (Lipinski definition) is 7. The van der Waals surface area contributed by atoms with E-state index < -0.39 is 18.5 Å². The van der Waals surface area contributed by atoms with Crippen molar-refractivity contribution < 1.29 is 33.3 Å². The maximum atomic E-state index is 12.2. The summed E-state index contributed by atoms with van der Waals surface area (Å²) in [5.41, 5.74) is 1.02. The summed E-state index contributed by atoms with van der Waals surface area (Å²) in [7, 11) is 4.37. The van der Waals surface area contributed by atoms with Crippen LogP contribution in [-0.2, 0) is 14.3 Å². The summed E-state index contributed by atoms with van der Waals surface area (Å²) in [4.78, 5) is 35.6. The maximum absolute atomic E-state index is 12.2. The molecule has 0 aliphatic rings. The zero-order valence-corrected chi connectivity index (χ0v) is 16.5. The molecule has 29 heavy (non-hydrogen) atoms. The van der Waals surface area contributed by atoms with Crippen LogP contribution in [0.5, 0.6) is 17.2 Å². The van der Waals surface area contributed by atoms with E-state index in [1.165, 1.54) is 46.5 Å². The number of hydrogen-bond donors (Lipinski definition) is 2. The standard InChI is InChI=1S/C20H22N2O7/c1-12(23)21-14-6-8-16(26-2)15(10-14)22-19(24)11-29-20(25)13-5-7-17(27-3)18(9-13)28-4/h5-10H,11H2,1-4H3,(H,21,23)(H,22,24). The van der Waals surface area contributed by atoms with E-state index in [2.05, 4.69) is 10.6 Å². The van der Waals surface area contributed by atoms with E-state index >= 15 is 0 Å². The molecule has 9 heteroatoms. The maximum Gasteiger partial charge on any atom is 0.338 e. The van der Waals surface area contributed by atoms with Gasteiger partial charge in [0.2, 0.25) is 5.91 Å². The lowest BCUT2D eigenvalue weighted by Gasteiger charge is -2.13. The zero-order valence-electron chi connectivity index (χ0n) is 16.5. The number of nitrogens with one attached hydrogen (secondary N) is 2. The lowest BCUT2D eigenvalue weighted by molar-refractivity contribution is -0.119. The predicted molar refractivity (Wildman–Crippen MR) is 106 cm³/mol. The fraction of sp³-hybridized carbons (Fsp3) is 0.250. The van der Waals surface area contributed by atoms with Crippen molar-refractivity contribution in [2.75, 3.05) is 38.6 Å². The highest BCUT2D eigenvalue weighted by Crippen LogP contribution is 2.29. The van der Waals surface area contributed by atoms with Gasteiger partial charge in [0.05, 0.1) is 32.6 Å². The van der Waals surface area contributed by atoms with Crippen molar-refractivity contribution in [2.45, 2.75) is 6.92 Å². The van der Waals surface area contributed by atoms with Gasteiger partial charge in [0.15, 0.2) is 18.1 Å². The van der Waals surface area contributed by atoms with E-state index in [0.29, 0.717) is 28.6 Å². The van der Waals surface area contributed by atoms with Gasteiger partial charge in [0.25, 0.3) is 5.91 Å². The van der Waals surface area contributed by atoms with Crippen molar-refractivity contribution in [2.24, 2.45) is 0 Å². The van der Waals surface area contributed by atoms with Gasteiger partial charge in [-0.25, -0.2) is 4.79 Å². The second kappa shape index (κ2) is 9.98. The van der Waals surface area contributed by atoms with Gasteiger partial charge in [-0.15, -0.1) is 0 Å². The first-order chi connectivity index (χ1) is 13.9. The van der Waals surface area contributed by atoms with Crippen LogP contribution >= 0.6 is 0 Å². The first-order valence-corrected chi connectivity index (χ1v) is 8.52. The van der Waals surface area contributed by atoms with Gasteiger partial charge < -0.3 is 29.6 Å². The Hall–Kier alpha value is -3.75. The quantitative estimate of drug-likeness (QED) is 0.652. The fourth-order valence-electron chi connectivity index (χ4n) is 2.45. The molecule has 2 amide bonds. The molecule has 0 atom stereocenters. The Morgan fingerprint density at radius 3 is 2.10 bits per heavy atom. The van der Waals surface area contributed by atoms with E-state index in [0.717, 1.165) is 0 Å². The summed E-state index contributed by atoms with van der Waals surface area (Å²) in [5, 5.41) is 5.19. The molecule has 2 aromatic rings. The largest absolute Gasteiger partial charge is 0.495 e. The van der Waals surface area contributed by atoms with Gasteiger partial charge in [-0.3, -0.25) is 9.59 Å². The Morgan fingerprint density at radius 1 is 0.828 bits per heavy atom. The second-order valence-corrected chi connectivity index (χ2v) is 5.79.